The minimum atomic E-state index is -1.81. The van der Waals surface area contributed by atoms with E-state index in [9.17, 15) is 23.2 Å². The molecule has 3 aromatic carbocycles. The summed E-state index contributed by atoms with van der Waals surface area (Å²) in [6.07, 6.45) is 0.603. The monoisotopic (exact) mass is 477 g/mol. The van der Waals surface area contributed by atoms with Gasteiger partial charge in [-0.05, 0) is 42.7 Å². The first-order chi connectivity index (χ1) is 16.8. The third kappa shape index (κ3) is 5.06. The second kappa shape index (κ2) is 10.0. The maximum atomic E-state index is 14.3. The smallest absolute Gasteiger partial charge is 0.325 e. The molecule has 3 aromatic rings. The first-order valence-electron chi connectivity index (χ1n) is 11.3. The molecule has 8 heteroatoms. The maximum absolute atomic E-state index is 14.3. The molecule has 1 heterocycles. The summed E-state index contributed by atoms with van der Waals surface area (Å²) >= 11 is 0. The molecule has 1 unspecified atom stereocenters. The minimum Gasteiger partial charge on any atom is -0.355 e. The lowest BCUT2D eigenvalue weighted by molar-refractivity contribution is -0.134. The fourth-order valence-electron chi connectivity index (χ4n) is 4.36. The highest BCUT2D eigenvalue weighted by Crippen LogP contribution is 2.31. The summed E-state index contributed by atoms with van der Waals surface area (Å²) in [5.74, 6) is -2.88. The predicted octanol–water partition coefficient (Wildman–Crippen LogP) is 4.07. The van der Waals surface area contributed by atoms with Crippen molar-refractivity contribution in [3.05, 3.63) is 107 Å². The molecule has 0 bridgehead atoms. The lowest BCUT2D eigenvalue weighted by Gasteiger charge is -2.23. The van der Waals surface area contributed by atoms with Crippen LogP contribution >= 0.6 is 0 Å². The zero-order chi connectivity index (χ0) is 25.0. The number of carbonyl (C=O) groups excluding carboxylic acids is 3. The normalized spacial score (nSPS) is 17.5. The molecule has 4 amide bonds. The van der Waals surface area contributed by atoms with Gasteiger partial charge < -0.3 is 10.6 Å². The molecule has 35 heavy (non-hydrogen) atoms. The number of rotatable bonds is 8. The number of nitrogens with one attached hydrogen (secondary N) is 2. The van der Waals surface area contributed by atoms with Gasteiger partial charge in [0.05, 0.1) is 0 Å². The van der Waals surface area contributed by atoms with E-state index in [0.717, 1.165) is 29.3 Å². The molecule has 1 atom stereocenters. The number of benzene rings is 3. The van der Waals surface area contributed by atoms with Gasteiger partial charge in [-0.25, -0.2) is 13.6 Å². The van der Waals surface area contributed by atoms with Gasteiger partial charge >= 0.3 is 6.03 Å². The lowest BCUT2D eigenvalue weighted by Crippen LogP contribution is -2.44. The van der Waals surface area contributed by atoms with Crippen LogP contribution in [-0.2, 0) is 15.1 Å². The first kappa shape index (κ1) is 24.1. The topological polar surface area (TPSA) is 78.5 Å². The van der Waals surface area contributed by atoms with Crippen molar-refractivity contribution in [1.82, 2.24) is 15.5 Å². The summed E-state index contributed by atoms with van der Waals surface area (Å²) in [4.78, 5) is 38.7. The van der Waals surface area contributed by atoms with Crippen LogP contribution in [0.4, 0.5) is 13.6 Å². The Morgan fingerprint density at radius 1 is 0.971 bits per heavy atom. The maximum Gasteiger partial charge on any atom is 0.325 e. The Morgan fingerprint density at radius 2 is 1.57 bits per heavy atom. The SMILES string of the molecule is CC1(c2cc(F)ccc2F)NC(=O)N(CC(=O)NCCC(c2ccccc2)c2ccccc2)C1=O. The Balaban J connectivity index is 1.40. The minimum absolute atomic E-state index is 0.0497. The van der Waals surface area contributed by atoms with Gasteiger partial charge in [0.25, 0.3) is 5.91 Å². The van der Waals surface area contributed by atoms with Gasteiger partial charge in [-0.3, -0.25) is 14.5 Å². The standard InChI is InChI=1S/C27H25F2N3O3/c1-27(22-16-20(28)12-13-23(22)29)25(34)32(26(35)31-27)17-24(33)30-15-14-21(18-8-4-2-5-9-18)19-10-6-3-7-11-19/h2-13,16,21H,14-15,17H2,1H3,(H,30,33)(H,31,35). The van der Waals surface area contributed by atoms with Crippen LogP contribution in [0.15, 0.2) is 78.9 Å². The average Bonchev–Trinajstić information content (AvgIpc) is 3.08. The van der Waals surface area contributed by atoms with Gasteiger partial charge in [0.2, 0.25) is 5.91 Å². The van der Waals surface area contributed by atoms with E-state index < -0.39 is 41.6 Å². The highest BCUT2D eigenvalue weighted by atomic mass is 19.1. The highest BCUT2D eigenvalue weighted by Gasteiger charge is 2.50. The van der Waals surface area contributed by atoms with Gasteiger partial charge in [-0.15, -0.1) is 0 Å². The molecule has 0 saturated carbocycles. The Morgan fingerprint density at radius 3 is 2.17 bits per heavy atom. The first-order valence-corrected chi connectivity index (χ1v) is 11.3. The molecule has 1 aliphatic rings. The quantitative estimate of drug-likeness (QED) is 0.480. The van der Waals surface area contributed by atoms with Crippen LogP contribution in [0, 0.1) is 11.6 Å². The van der Waals surface area contributed by atoms with Gasteiger partial charge in [0, 0.05) is 18.0 Å². The summed E-state index contributed by atoms with van der Waals surface area (Å²) < 4.78 is 28.0. The second-order valence-electron chi connectivity index (χ2n) is 8.58. The van der Waals surface area contributed by atoms with Crippen molar-refractivity contribution in [2.75, 3.05) is 13.1 Å². The molecule has 0 aliphatic carbocycles. The van der Waals surface area contributed by atoms with E-state index >= 15 is 0 Å². The molecule has 1 saturated heterocycles. The van der Waals surface area contributed by atoms with E-state index in [2.05, 4.69) is 10.6 Å². The van der Waals surface area contributed by atoms with Crippen molar-refractivity contribution >= 4 is 17.8 Å². The van der Waals surface area contributed by atoms with Crippen LogP contribution in [0.5, 0.6) is 0 Å². The Hall–Kier alpha value is -4.07. The number of halogens is 2. The molecule has 180 valence electrons. The van der Waals surface area contributed by atoms with Crippen LogP contribution in [0.2, 0.25) is 0 Å². The van der Waals surface area contributed by atoms with E-state index in [1.54, 1.807) is 0 Å². The van der Waals surface area contributed by atoms with Crippen LogP contribution in [-0.4, -0.2) is 35.8 Å². The lowest BCUT2D eigenvalue weighted by atomic mass is 9.88. The Bertz CT molecular complexity index is 1200. The molecule has 1 aliphatic heterocycles. The van der Waals surface area contributed by atoms with Gasteiger partial charge in [-0.1, -0.05) is 60.7 Å². The largest absolute Gasteiger partial charge is 0.355 e. The van der Waals surface area contributed by atoms with E-state index in [4.69, 9.17) is 0 Å². The fourth-order valence-corrected chi connectivity index (χ4v) is 4.36. The highest BCUT2D eigenvalue weighted by molar-refractivity contribution is 6.09. The molecule has 6 nitrogen and oxygen atoms in total. The predicted molar refractivity (Wildman–Crippen MR) is 126 cm³/mol. The molecular formula is C27H25F2N3O3. The Kier molecular flexibility index (Phi) is 6.91. The summed E-state index contributed by atoms with van der Waals surface area (Å²) in [5, 5.41) is 5.15. The van der Waals surface area contributed by atoms with Gasteiger partial charge in [0.15, 0.2) is 0 Å². The van der Waals surface area contributed by atoms with Crippen molar-refractivity contribution in [3.63, 3.8) is 0 Å². The molecule has 0 aromatic heterocycles. The zero-order valence-electron chi connectivity index (χ0n) is 19.1. The van der Waals surface area contributed by atoms with Gasteiger partial charge in [0.1, 0.15) is 23.7 Å². The van der Waals surface area contributed by atoms with Gasteiger partial charge in [-0.2, -0.15) is 0 Å². The van der Waals surface area contributed by atoms with Crippen molar-refractivity contribution < 1.29 is 23.2 Å². The van der Waals surface area contributed by atoms with E-state index in [0.29, 0.717) is 17.9 Å². The van der Waals surface area contributed by atoms with Crippen molar-refractivity contribution in [1.29, 1.82) is 0 Å². The Labute approximate surface area is 201 Å². The van der Waals surface area contributed by atoms with Crippen LogP contribution in [0.3, 0.4) is 0 Å². The number of carbonyl (C=O) groups is 3. The summed E-state index contributed by atoms with van der Waals surface area (Å²) in [6, 6.07) is 21.7. The fraction of sp³-hybridized carbons (Fsp3) is 0.222. The molecule has 2 N–H and O–H groups in total. The van der Waals surface area contributed by atoms with Crippen molar-refractivity contribution in [3.8, 4) is 0 Å². The summed E-state index contributed by atoms with van der Waals surface area (Å²) in [6.45, 7) is 1.07. The van der Waals surface area contributed by atoms with E-state index in [-0.39, 0.29) is 11.5 Å². The number of imide groups is 1. The number of nitrogens with zero attached hydrogens (tertiary/aromatic N) is 1. The number of hydrogen-bond acceptors (Lipinski definition) is 3. The van der Waals surface area contributed by atoms with Crippen molar-refractivity contribution in [2.24, 2.45) is 0 Å². The molecular weight excluding hydrogens is 452 g/mol. The third-order valence-electron chi connectivity index (χ3n) is 6.20. The molecule has 0 spiro atoms. The number of hydrogen-bond donors (Lipinski definition) is 2. The zero-order valence-corrected chi connectivity index (χ0v) is 19.1. The molecule has 1 fully saturated rings. The average molecular weight is 478 g/mol. The number of urea groups is 1. The van der Waals surface area contributed by atoms with Crippen LogP contribution < -0.4 is 10.6 Å². The third-order valence-corrected chi connectivity index (χ3v) is 6.20. The van der Waals surface area contributed by atoms with Crippen LogP contribution in [0.25, 0.3) is 0 Å². The van der Waals surface area contributed by atoms with Crippen LogP contribution in [0.1, 0.15) is 36.0 Å². The number of amides is 4. The molecule has 0 radical (unpaired) electrons. The summed E-state index contributed by atoms with van der Waals surface area (Å²) in [7, 11) is 0. The second-order valence-corrected chi connectivity index (χ2v) is 8.58. The van der Waals surface area contributed by atoms with Crippen molar-refractivity contribution in [2.45, 2.75) is 24.8 Å². The van der Waals surface area contributed by atoms with E-state index in [1.807, 2.05) is 60.7 Å². The molecule has 4 rings (SSSR count). The van der Waals surface area contributed by atoms with E-state index in [1.165, 1.54) is 6.92 Å². The summed E-state index contributed by atoms with van der Waals surface area (Å²) in [5.41, 5.74) is 0.104.